The largest absolute Gasteiger partial charge is 0.346 e. The van der Waals surface area contributed by atoms with Crippen molar-refractivity contribution in [3.63, 3.8) is 0 Å². The zero-order chi connectivity index (χ0) is 16.8. The molecule has 4 saturated carbocycles. The molecule has 0 aliphatic heterocycles. The fourth-order valence-electron chi connectivity index (χ4n) is 6.62. The van der Waals surface area contributed by atoms with Gasteiger partial charge >= 0.3 is 0 Å². The topological polar surface area (TPSA) is 29.1 Å². The summed E-state index contributed by atoms with van der Waals surface area (Å²) in [6, 6.07) is 0. The maximum absolute atomic E-state index is 12.6. The smallest absolute Gasteiger partial charge is 0.246 e. The highest BCUT2D eigenvalue weighted by molar-refractivity contribution is 5.92. The van der Waals surface area contributed by atoms with Gasteiger partial charge in [0.05, 0.1) is 0 Å². The molecule has 0 aromatic heterocycles. The number of unbranched alkanes of at least 4 members (excludes halogenated alkanes) is 1. The van der Waals surface area contributed by atoms with E-state index < -0.39 is 0 Å². The Balaban J connectivity index is 1.92. The SMILES string of the molecule is C=C(C)C(=O)NC1(C(C)CCCC)C2CC3CC1CC(C)(C3)C2. The number of carbonyl (C=O) groups excluding carboxylic acids is 1. The third kappa shape index (κ3) is 2.76. The monoisotopic (exact) mass is 317 g/mol. The molecule has 3 atom stereocenters. The molecule has 0 radical (unpaired) electrons. The zero-order valence-electron chi connectivity index (χ0n) is 15.6. The average molecular weight is 318 g/mol. The van der Waals surface area contributed by atoms with Crippen molar-refractivity contribution in [1.29, 1.82) is 0 Å². The highest BCUT2D eigenvalue weighted by Gasteiger charge is 2.62. The van der Waals surface area contributed by atoms with Gasteiger partial charge in [0, 0.05) is 11.1 Å². The van der Waals surface area contributed by atoms with Crippen molar-refractivity contribution in [3.8, 4) is 0 Å². The Labute approximate surface area is 142 Å². The molecule has 4 rings (SSSR count). The van der Waals surface area contributed by atoms with Crippen LogP contribution in [0.5, 0.6) is 0 Å². The quantitative estimate of drug-likeness (QED) is 0.679. The van der Waals surface area contributed by atoms with E-state index in [0.717, 1.165) is 5.92 Å². The van der Waals surface area contributed by atoms with Gasteiger partial charge in [0.15, 0.2) is 0 Å². The Kier molecular flexibility index (Phi) is 4.40. The van der Waals surface area contributed by atoms with Gasteiger partial charge in [-0.15, -0.1) is 0 Å². The molecule has 4 fully saturated rings. The van der Waals surface area contributed by atoms with Gasteiger partial charge in [-0.2, -0.15) is 0 Å². The van der Waals surface area contributed by atoms with Crippen LogP contribution in [0.15, 0.2) is 12.2 Å². The molecule has 4 bridgehead atoms. The van der Waals surface area contributed by atoms with E-state index >= 15 is 0 Å². The van der Waals surface area contributed by atoms with Gasteiger partial charge in [-0.25, -0.2) is 0 Å². The van der Waals surface area contributed by atoms with Gasteiger partial charge in [-0.3, -0.25) is 4.79 Å². The van der Waals surface area contributed by atoms with Crippen LogP contribution in [0.3, 0.4) is 0 Å². The summed E-state index contributed by atoms with van der Waals surface area (Å²) in [5.74, 6) is 2.92. The van der Waals surface area contributed by atoms with Crippen molar-refractivity contribution < 1.29 is 4.79 Å². The molecule has 0 saturated heterocycles. The second kappa shape index (κ2) is 5.93. The summed E-state index contributed by atoms with van der Waals surface area (Å²) < 4.78 is 0. The van der Waals surface area contributed by atoms with Crippen LogP contribution in [0.4, 0.5) is 0 Å². The van der Waals surface area contributed by atoms with Crippen LogP contribution in [0.25, 0.3) is 0 Å². The summed E-state index contributed by atoms with van der Waals surface area (Å²) in [4.78, 5) is 12.6. The van der Waals surface area contributed by atoms with Crippen molar-refractivity contribution in [2.24, 2.45) is 29.1 Å². The Morgan fingerprint density at radius 3 is 2.35 bits per heavy atom. The molecule has 3 unspecified atom stereocenters. The van der Waals surface area contributed by atoms with E-state index in [1.165, 1.54) is 51.4 Å². The van der Waals surface area contributed by atoms with Crippen LogP contribution in [0.2, 0.25) is 0 Å². The first-order chi connectivity index (χ1) is 10.8. The second-order valence-electron chi connectivity index (χ2n) is 9.37. The lowest BCUT2D eigenvalue weighted by atomic mass is 9.42. The van der Waals surface area contributed by atoms with Crippen molar-refractivity contribution in [2.75, 3.05) is 0 Å². The van der Waals surface area contributed by atoms with E-state index in [4.69, 9.17) is 0 Å². The molecule has 1 amide bonds. The maximum Gasteiger partial charge on any atom is 0.246 e. The highest BCUT2D eigenvalue weighted by Crippen LogP contribution is 2.65. The van der Waals surface area contributed by atoms with E-state index in [2.05, 4.69) is 32.7 Å². The summed E-state index contributed by atoms with van der Waals surface area (Å²) in [6.07, 6.45) is 10.5. The van der Waals surface area contributed by atoms with Gasteiger partial charge < -0.3 is 5.32 Å². The third-order valence-corrected chi connectivity index (χ3v) is 7.37. The molecule has 23 heavy (non-hydrogen) atoms. The van der Waals surface area contributed by atoms with Crippen LogP contribution in [0.1, 0.15) is 79.1 Å². The van der Waals surface area contributed by atoms with Gasteiger partial charge in [-0.1, -0.05) is 40.2 Å². The maximum atomic E-state index is 12.6. The van der Waals surface area contributed by atoms with E-state index in [-0.39, 0.29) is 11.4 Å². The second-order valence-corrected chi connectivity index (χ2v) is 9.37. The first-order valence-electron chi connectivity index (χ1n) is 9.78. The minimum Gasteiger partial charge on any atom is -0.346 e. The first-order valence-corrected chi connectivity index (χ1v) is 9.78. The summed E-state index contributed by atoms with van der Waals surface area (Å²) in [6.45, 7) is 12.9. The molecule has 0 aromatic carbocycles. The summed E-state index contributed by atoms with van der Waals surface area (Å²) in [7, 11) is 0. The Morgan fingerprint density at radius 2 is 1.87 bits per heavy atom. The fourth-order valence-corrected chi connectivity index (χ4v) is 6.62. The highest BCUT2D eigenvalue weighted by atomic mass is 16.1. The molecule has 0 spiro atoms. The number of rotatable bonds is 6. The van der Waals surface area contributed by atoms with Crippen molar-refractivity contribution >= 4 is 5.91 Å². The number of nitrogens with one attached hydrogen (secondary N) is 1. The predicted molar refractivity (Wildman–Crippen MR) is 96.0 cm³/mol. The average Bonchev–Trinajstić information content (AvgIpc) is 2.46. The Bertz CT molecular complexity index is 478. The normalized spacial score (nSPS) is 42.5. The number of hydrogen-bond donors (Lipinski definition) is 1. The predicted octanol–water partition coefficient (Wildman–Crippen LogP) is 5.09. The summed E-state index contributed by atoms with van der Waals surface area (Å²) in [5, 5.41) is 3.56. The van der Waals surface area contributed by atoms with Crippen molar-refractivity contribution in [1.82, 2.24) is 5.32 Å². The lowest BCUT2D eigenvalue weighted by Crippen LogP contribution is -2.70. The number of carbonyl (C=O) groups is 1. The van der Waals surface area contributed by atoms with E-state index in [1.54, 1.807) is 0 Å². The molecule has 1 N–H and O–H groups in total. The van der Waals surface area contributed by atoms with Gasteiger partial charge in [-0.05, 0) is 74.5 Å². The minimum atomic E-state index is 0.0294. The molecule has 0 aromatic rings. The standard InChI is InChI=1S/C21H35NO/c1-6-7-8-15(4)21(22-19(23)14(2)3)17-9-16-10-18(21)13-20(5,11-16)12-17/h15-18H,2,6-13H2,1,3-5H3,(H,22,23). The number of amides is 1. The van der Waals surface area contributed by atoms with Crippen LogP contribution in [-0.4, -0.2) is 11.4 Å². The van der Waals surface area contributed by atoms with E-state index in [0.29, 0.717) is 28.7 Å². The first kappa shape index (κ1) is 17.0. The third-order valence-electron chi connectivity index (χ3n) is 7.37. The van der Waals surface area contributed by atoms with Crippen molar-refractivity contribution in [2.45, 2.75) is 84.6 Å². The van der Waals surface area contributed by atoms with Gasteiger partial charge in [0.25, 0.3) is 0 Å². The van der Waals surface area contributed by atoms with Crippen molar-refractivity contribution in [3.05, 3.63) is 12.2 Å². The minimum absolute atomic E-state index is 0.0294. The molecule has 2 nitrogen and oxygen atoms in total. The molecule has 4 aliphatic rings. The fraction of sp³-hybridized carbons (Fsp3) is 0.857. The molecular weight excluding hydrogens is 282 g/mol. The molecular formula is C21H35NO. The molecule has 2 heteroatoms. The molecule has 0 heterocycles. The Morgan fingerprint density at radius 1 is 1.26 bits per heavy atom. The molecule has 4 aliphatic carbocycles. The number of hydrogen-bond acceptors (Lipinski definition) is 1. The van der Waals surface area contributed by atoms with Crippen LogP contribution >= 0.6 is 0 Å². The van der Waals surface area contributed by atoms with E-state index in [1.807, 2.05) is 6.92 Å². The Hall–Kier alpha value is -0.790. The summed E-state index contributed by atoms with van der Waals surface area (Å²) in [5.41, 5.74) is 1.23. The van der Waals surface area contributed by atoms with Crippen LogP contribution in [0, 0.1) is 29.1 Å². The molecule has 130 valence electrons. The van der Waals surface area contributed by atoms with E-state index in [9.17, 15) is 4.79 Å². The van der Waals surface area contributed by atoms with Crippen LogP contribution < -0.4 is 5.32 Å². The van der Waals surface area contributed by atoms with Gasteiger partial charge in [0.1, 0.15) is 0 Å². The van der Waals surface area contributed by atoms with Gasteiger partial charge in [0.2, 0.25) is 5.91 Å². The lowest BCUT2D eigenvalue weighted by molar-refractivity contribution is -0.149. The van der Waals surface area contributed by atoms with Crippen LogP contribution in [-0.2, 0) is 4.79 Å². The lowest BCUT2D eigenvalue weighted by Gasteiger charge is -2.66. The summed E-state index contributed by atoms with van der Waals surface area (Å²) >= 11 is 0. The zero-order valence-corrected chi connectivity index (χ0v) is 15.6.